The molecule has 0 aliphatic carbocycles. The van der Waals surface area contributed by atoms with Crippen molar-refractivity contribution in [1.29, 1.82) is 0 Å². The van der Waals surface area contributed by atoms with E-state index in [2.05, 4.69) is 13.8 Å². The van der Waals surface area contributed by atoms with Gasteiger partial charge < -0.3 is 24.4 Å². The van der Waals surface area contributed by atoms with E-state index < -0.39 is 17.7 Å². The molecule has 0 unspecified atom stereocenters. The van der Waals surface area contributed by atoms with E-state index >= 15 is 0 Å². The zero-order valence-corrected chi connectivity index (χ0v) is 22.2. The molecule has 0 bridgehead atoms. The molecule has 2 aromatic carbocycles. The van der Waals surface area contributed by atoms with Crippen molar-refractivity contribution in [3.05, 3.63) is 64.7 Å². The van der Waals surface area contributed by atoms with E-state index in [0.29, 0.717) is 48.1 Å². The molecule has 7 heteroatoms. The smallest absolute Gasteiger partial charge is 0.295 e. The van der Waals surface area contributed by atoms with Crippen LogP contribution in [0.5, 0.6) is 11.5 Å². The van der Waals surface area contributed by atoms with Gasteiger partial charge in [0.1, 0.15) is 5.76 Å². The summed E-state index contributed by atoms with van der Waals surface area (Å²) < 4.78 is 11.5. The summed E-state index contributed by atoms with van der Waals surface area (Å²) in [5, 5.41) is 11.2. The van der Waals surface area contributed by atoms with Crippen LogP contribution in [0.25, 0.3) is 5.76 Å². The number of likely N-dealkylation sites (tertiary alicyclic amines) is 1. The van der Waals surface area contributed by atoms with Gasteiger partial charge in [0.2, 0.25) is 0 Å². The first kappa shape index (κ1) is 27.3. The number of aliphatic hydroxyl groups excluding tert-OH is 1. The van der Waals surface area contributed by atoms with Gasteiger partial charge in [-0.25, -0.2) is 0 Å². The molecule has 0 spiro atoms. The third-order valence-electron chi connectivity index (χ3n) is 6.33. The Bertz CT molecular complexity index is 1110. The molecule has 1 fully saturated rings. The van der Waals surface area contributed by atoms with Crippen LogP contribution in [0, 0.1) is 12.8 Å². The van der Waals surface area contributed by atoms with Crippen LogP contribution in [-0.4, -0.2) is 67.5 Å². The molecule has 1 heterocycles. The van der Waals surface area contributed by atoms with Crippen molar-refractivity contribution in [1.82, 2.24) is 9.80 Å². The Kier molecular flexibility index (Phi) is 9.15. The lowest BCUT2D eigenvalue weighted by atomic mass is 9.94. The Morgan fingerprint density at radius 1 is 1.08 bits per heavy atom. The van der Waals surface area contributed by atoms with Gasteiger partial charge in [0.15, 0.2) is 11.5 Å². The summed E-state index contributed by atoms with van der Waals surface area (Å²) in [6.45, 7) is 7.93. The first-order valence-corrected chi connectivity index (χ1v) is 12.4. The molecule has 3 rings (SSSR count). The summed E-state index contributed by atoms with van der Waals surface area (Å²) in [5.41, 5.74) is 2.30. The number of amides is 1. The van der Waals surface area contributed by atoms with Gasteiger partial charge in [0.05, 0.1) is 25.3 Å². The van der Waals surface area contributed by atoms with Gasteiger partial charge in [-0.3, -0.25) is 9.59 Å². The van der Waals surface area contributed by atoms with Crippen molar-refractivity contribution in [2.75, 3.05) is 40.9 Å². The molecule has 36 heavy (non-hydrogen) atoms. The van der Waals surface area contributed by atoms with Crippen LogP contribution in [0.2, 0.25) is 0 Å². The molecule has 2 aromatic rings. The van der Waals surface area contributed by atoms with Crippen LogP contribution in [0.1, 0.15) is 49.4 Å². The molecule has 1 amide bonds. The van der Waals surface area contributed by atoms with Crippen LogP contribution in [0.4, 0.5) is 0 Å². The molecular weight excluding hydrogens is 456 g/mol. The quantitative estimate of drug-likeness (QED) is 0.275. The van der Waals surface area contributed by atoms with Crippen molar-refractivity contribution >= 4 is 17.4 Å². The lowest BCUT2D eigenvalue weighted by Crippen LogP contribution is -2.32. The molecule has 1 aliphatic rings. The minimum Gasteiger partial charge on any atom is -0.507 e. The van der Waals surface area contributed by atoms with Gasteiger partial charge in [0.25, 0.3) is 11.7 Å². The highest BCUT2D eigenvalue weighted by Gasteiger charge is 2.46. The molecule has 0 saturated carbocycles. The predicted molar refractivity (Wildman–Crippen MR) is 141 cm³/mol. The minimum absolute atomic E-state index is 0.0873. The third-order valence-corrected chi connectivity index (χ3v) is 6.33. The van der Waals surface area contributed by atoms with Gasteiger partial charge in [0, 0.05) is 12.1 Å². The number of aryl methyl sites for hydroxylation is 1. The Labute approximate surface area is 214 Å². The number of rotatable bonds is 11. The maximum atomic E-state index is 13.2. The Balaban J connectivity index is 2.06. The second-order valence-electron chi connectivity index (χ2n) is 9.96. The highest BCUT2D eigenvalue weighted by atomic mass is 16.5. The molecule has 1 aliphatic heterocycles. The Morgan fingerprint density at radius 3 is 2.39 bits per heavy atom. The number of aliphatic hydroxyl groups is 1. The maximum Gasteiger partial charge on any atom is 0.295 e. The van der Waals surface area contributed by atoms with Crippen LogP contribution in [0.15, 0.2) is 48.0 Å². The van der Waals surface area contributed by atoms with Gasteiger partial charge in [-0.15, -0.1) is 0 Å². The summed E-state index contributed by atoms with van der Waals surface area (Å²) in [4.78, 5) is 30.0. The van der Waals surface area contributed by atoms with Crippen LogP contribution < -0.4 is 9.47 Å². The van der Waals surface area contributed by atoms with Gasteiger partial charge in [-0.05, 0) is 64.0 Å². The van der Waals surface area contributed by atoms with Gasteiger partial charge in [-0.1, -0.05) is 49.7 Å². The lowest BCUT2D eigenvalue weighted by molar-refractivity contribution is -0.139. The molecule has 1 N–H and O–H groups in total. The van der Waals surface area contributed by atoms with Gasteiger partial charge in [-0.2, -0.15) is 0 Å². The fourth-order valence-electron chi connectivity index (χ4n) is 4.26. The number of carbonyl (C=O) groups excluding carboxylic acids is 2. The Morgan fingerprint density at radius 2 is 1.78 bits per heavy atom. The number of nitrogens with zero attached hydrogens (tertiary/aromatic N) is 2. The standard InChI is InChI=1S/C29H38N2O5/c1-19(2)14-17-36-23-13-12-22(18-24(23)35-6)26-25(27(32)21-10-8-20(3)9-11-21)28(33)29(34)31(26)16-7-15-30(4)5/h8-13,18-19,26,32H,7,14-17H2,1-6H3/t26-/m0/s1. The van der Waals surface area contributed by atoms with Crippen molar-refractivity contribution in [2.24, 2.45) is 5.92 Å². The van der Waals surface area contributed by atoms with E-state index in [1.54, 1.807) is 36.3 Å². The highest BCUT2D eigenvalue weighted by Crippen LogP contribution is 2.42. The molecule has 1 atom stereocenters. The molecular formula is C29H38N2O5. The number of hydrogen-bond acceptors (Lipinski definition) is 6. The highest BCUT2D eigenvalue weighted by molar-refractivity contribution is 6.46. The minimum atomic E-state index is -0.730. The zero-order chi connectivity index (χ0) is 26.4. The monoisotopic (exact) mass is 494 g/mol. The van der Waals surface area contributed by atoms with Crippen molar-refractivity contribution < 1.29 is 24.2 Å². The molecule has 0 aromatic heterocycles. The maximum absolute atomic E-state index is 13.2. The summed E-state index contributed by atoms with van der Waals surface area (Å²) >= 11 is 0. The fourth-order valence-corrected chi connectivity index (χ4v) is 4.26. The van der Waals surface area contributed by atoms with Crippen LogP contribution in [0.3, 0.4) is 0 Å². The van der Waals surface area contributed by atoms with E-state index in [-0.39, 0.29) is 11.3 Å². The van der Waals surface area contributed by atoms with Crippen molar-refractivity contribution in [3.8, 4) is 11.5 Å². The SMILES string of the molecule is COc1cc([C@H]2C(=C(O)c3ccc(C)cc3)C(=O)C(=O)N2CCCN(C)C)ccc1OCCC(C)C. The number of ketones is 1. The third kappa shape index (κ3) is 6.26. The largest absolute Gasteiger partial charge is 0.507 e. The van der Waals surface area contributed by atoms with Gasteiger partial charge >= 0.3 is 0 Å². The summed E-state index contributed by atoms with van der Waals surface area (Å²) in [6, 6.07) is 12.0. The first-order valence-electron chi connectivity index (χ1n) is 12.4. The summed E-state index contributed by atoms with van der Waals surface area (Å²) in [7, 11) is 5.49. The molecule has 7 nitrogen and oxygen atoms in total. The summed E-state index contributed by atoms with van der Waals surface area (Å²) in [5.74, 6) is 0.168. The normalized spacial score (nSPS) is 17.3. The summed E-state index contributed by atoms with van der Waals surface area (Å²) in [6.07, 6.45) is 1.60. The second kappa shape index (κ2) is 12.1. The second-order valence-corrected chi connectivity index (χ2v) is 9.96. The van der Waals surface area contributed by atoms with Crippen LogP contribution in [-0.2, 0) is 9.59 Å². The number of ether oxygens (including phenoxy) is 2. The number of hydrogen-bond donors (Lipinski definition) is 1. The van der Waals surface area contributed by atoms with Crippen molar-refractivity contribution in [2.45, 2.75) is 39.7 Å². The number of Topliss-reactive ketones (excluding diaryl/α,β-unsaturated/α-hetero) is 1. The van der Waals surface area contributed by atoms with E-state index in [0.717, 1.165) is 18.5 Å². The van der Waals surface area contributed by atoms with E-state index in [1.165, 1.54) is 0 Å². The average molecular weight is 495 g/mol. The number of carbonyl (C=O) groups is 2. The molecule has 194 valence electrons. The number of methoxy groups -OCH3 is 1. The molecule has 0 radical (unpaired) electrons. The van der Waals surface area contributed by atoms with E-state index in [4.69, 9.17) is 9.47 Å². The Hall–Kier alpha value is -3.32. The number of benzene rings is 2. The van der Waals surface area contributed by atoms with Crippen molar-refractivity contribution in [3.63, 3.8) is 0 Å². The predicted octanol–water partition coefficient (Wildman–Crippen LogP) is 4.80. The van der Waals surface area contributed by atoms with E-state index in [9.17, 15) is 14.7 Å². The lowest BCUT2D eigenvalue weighted by Gasteiger charge is -2.26. The van der Waals surface area contributed by atoms with Crippen LogP contribution >= 0.6 is 0 Å². The average Bonchev–Trinajstić information content (AvgIpc) is 3.09. The topological polar surface area (TPSA) is 79.3 Å². The fraction of sp³-hybridized carbons (Fsp3) is 0.448. The zero-order valence-electron chi connectivity index (χ0n) is 22.2. The van der Waals surface area contributed by atoms with E-state index in [1.807, 2.05) is 44.1 Å². The molecule has 1 saturated heterocycles. The first-order chi connectivity index (χ1) is 17.1.